The molecule has 1 aliphatic rings. The van der Waals surface area contributed by atoms with Gasteiger partial charge in [0, 0.05) is 6.42 Å². The molecule has 1 heterocycles. The first kappa shape index (κ1) is 10.3. The van der Waals surface area contributed by atoms with E-state index in [4.69, 9.17) is 9.84 Å². The molecular weight excluding hydrogens is 214 g/mol. The molecule has 0 radical (unpaired) electrons. The number of carbonyl (C=O) groups excluding carboxylic acids is 2. The summed E-state index contributed by atoms with van der Waals surface area (Å²) in [5.74, 6) is -1.02. The number of benzene rings is 1. The third-order valence-corrected chi connectivity index (χ3v) is 2.23. The lowest BCUT2D eigenvalue weighted by atomic mass is 10.1. The van der Waals surface area contributed by atoms with Gasteiger partial charge in [-0.1, -0.05) is 6.07 Å². The van der Waals surface area contributed by atoms with Crippen molar-refractivity contribution in [3.05, 3.63) is 23.8 Å². The highest BCUT2D eigenvalue weighted by molar-refractivity contribution is 6.00. The second-order valence-electron chi connectivity index (χ2n) is 3.41. The van der Waals surface area contributed by atoms with Crippen LogP contribution in [-0.2, 0) is 16.0 Å². The Morgan fingerprint density at radius 1 is 1.25 bits per heavy atom. The number of phenolic OH excluding ortho intramolecular Hbond substituents is 2. The SMILES string of the molecule is O=C1NC(=O)[C@H](Cc2ccc(O)c(O)c2)O1. The molecule has 1 aliphatic heterocycles. The average molecular weight is 223 g/mol. The molecule has 1 aromatic carbocycles. The number of ether oxygens (including phenoxy) is 1. The van der Waals surface area contributed by atoms with Crippen molar-refractivity contribution in [2.75, 3.05) is 0 Å². The summed E-state index contributed by atoms with van der Waals surface area (Å²) in [7, 11) is 0. The molecule has 0 saturated carbocycles. The number of nitrogens with one attached hydrogen (secondary N) is 1. The van der Waals surface area contributed by atoms with Gasteiger partial charge in [-0.15, -0.1) is 0 Å². The molecule has 1 aromatic rings. The Morgan fingerprint density at radius 3 is 2.56 bits per heavy atom. The summed E-state index contributed by atoms with van der Waals surface area (Å²) in [6.45, 7) is 0. The number of alkyl carbamates (subject to hydrolysis) is 1. The maximum atomic E-state index is 11.2. The molecule has 84 valence electrons. The number of carbonyl (C=O) groups is 2. The molecule has 6 heteroatoms. The van der Waals surface area contributed by atoms with Crippen LogP contribution in [0.25, 0.3) is 0 Å². The van der Waals surface area contributed by atoms with Crippen LogP contribution in [0.2, 0.25) is 0 Å². The summed E-state index contributed by atoms with van der Waals surface area (Å²) < 4.78 is 4.70. The van der Waals surface area contributed by atoms with Crippen LogP contribution >= 0.6 is 0 Å². The van der Waals surface area contributed by atoms with Crippen LogP contribution in [-0.4, -0.2) is 28.3 Å². The number of phenols is 2. The quantitative estimate of drug-likeness (QED) is 0.625. The number of cyclic esters (lactones) is 1. The van der Waals surface area contributed by atoms with E-state index in [0.717, 1.165) is 0 Å². The van der Waals surface area contributed by atoms with Gasteiger partial charge in [-0.05, 0) is 17.7 Å². The second-order valence-corrected chi connectivity index (χ2v) is 3.41. The molecule has 6 nitrogen and oxygen atoms in total. The first-order valence-corrected chi connectivity index (χ1v) is 4.58. The fourth-order valence-electron chi connectivity index (χ4n) is 1.44. The molecule has 2 amide bonds. The zero-order chi connectivity index (χ0) is 11.7. The number of aromatic hydroxyl groups is 2. The Morgan fingerprint density at radius 2 is 2.00 bits per heavy atom. The van der Waals surface area contributed by atoms with Crippen molar-refractivity contribution >= 4 is 12.0 Å². The molecule has 0 aliphatic carbocycles. The molecule has 0 aromatic heterocycles. The minimum atomic E-state index is -0.878. The van der Waals surface area contributed by atoms with Gasteiger partial charge in [-0.25, -0.2) is 4.79 Å². The van der Waals surface area contributed by atoms with E-state index in [1.807, 2.05) is 5.32 Å². The molecule has 0 bridgehead atoms. The first-order valence-electron chi connectivity index (χ1n) is 4.58. The summed E-state index contributed by atoms with van der Waals surface area (Å²) in [4.78, 5) is 21.9. The van der Waals surface area contributed by atoms with Gasteiger partial charge < -0.3 is 14.9 Å². The number of imide groups is 1. The molecule has 0 unspecified atom stereocenters. The smallest absolute Gasteiger partial charge is 0.414 e. The largest absolute Gasteiger partial charge is 0.504 e. The molecule has 2 rings (SSSR count). The Bertz CT molecular complexity index is 457. The Labute approximate surface area is 90.5 Å². The number of hydrogen-bond acceptors (Lipinski definition) is 5. The van der Waals surface area contributed by atoms with Gasteiger partial charge in [0.25, 0.3) is 5.91 Å². The van der Waals surface area contributed by atoms with Crippen LogP contribution in [0.5, 0.6) is 11.5 Å². The minimum absolute atomic E-state index is 0.158. The van der Waals surface area contributed by atoms with Gasteiger partial charge in [0.05, 0.1) is 0 Å². The van der Waals surface area contributed by atoms with E-state index < -0.39 is 18.1 Å². The molecule has 3 N–H and O–H groups in total. The summed E-state index contributed by atoms with van der Waals surface area (Å²) in [5, 5.41) is 20.3. The molecule has 16 heavy (non-hydrogen) atoms. The Balaban J connectivity index is 2.12. The fourth-order valence-corrected chi connectivity index (χ4v) is 1.44. The predicted molar refractivity (Wildman–Crippen MR) is 51.9 cm³/mol. The summed E-state index contributed by atoms with van der Waals surface area (Å²) in [5.41, 5.74) is 0.588. The molecular formula is C10H9NO5. The van der Waals surface area contributed by atoms with Crippen molar-refractivity contribution < 1.29 is 24.5 Å². The Hall–Kier alpha value is -2.24. The topological polar surface area (TPSA) is 95.9 Å². The van der Waals surface area contributed by atoms with Crippen molar-refractivity contribution in [3.63, 3.8) is 0 Å². The molecule has 0 spiro atoms. The fraction of sp³-hybridized carbons (Fsp3) is 0.200. The van der Waals surface area contributed by atoms with Crippen LogP contribution in [0.3, 0.4) is 0 Å². The van der Waals surface area contributed by atoms with Crippen molar-refractivity contribution in [1.82, 2.24) is 5.32 Å². The second kappa shape index (κ2) is 3.73. The van der Waals surface area contributed by atoms with E-state index in [2.05, 4.69) is 0 Å². The maximum absolute atomic E-state index is 11.2. The summed E-state index contributed by atoms with van der Waals surface area (Å²) >= 11 is 0. The summed E-state index contributed by atoms with van der Waals surface area (Å²) in [6.07, 6.45) is -1.49. The van der Waals surface area contributed by atoms with Crippen LogP contribution < -0.4 is 5.32 Å². The van der Waals surface area contributed by atoms with Gasteiger partial charge in [-0.2, -0.15) is 0 Å². The van der Waals surface area contributed by atoms with Gasteiger partial charge in [0.2, 0.25) is 0 Å². The van der Waals surface area contributed by atoms with Crippen molar-refractivity contribution in [2.24, 2.45) is 0 Å². The predicted octanol–water partition coefficient (Wildman–Crippen LogP) is 0.275. The van der Waals surface area contributed by atoms with Gasteiger partial charge in [0.15, 0.2) is 17.6 Å². The first-order chi connectivity index (χ1) is 7.56. The molecule has 1 fully saturated rings. The Kier molecular flexibility index (Phi) is 2.40. The maximum Gasteiger partial charge on any atom is 0.414 e. The lowest BCUT2D eigenvalue weighted by molar-refractivity contribution is -0.123. The minimum Gasteiger partial charge on any atom is -0.504 e. The van der Waals surface area contributed by atoms with E-state index in [1.165, 1.54) is 18.2 Å². The highest BCUT2D eigenvalue weighted by Gasteiger charge is 2.32. The van der Waals surface area contributed by atoms with Crippen LogP contribution in [0.15, 0.2) is 18.2 Å². The average Bonchev–Trinajstić information content (AvgIpc) is 2.51. The van der Waals surface area contributed by atoms with E-state index >= 15 is 0 Å². The van der Waals surface area contributed by atoms with Crippen molar-refractivity contribution in [1.29, 1.82) is 0 Å². The normalized spacial score (nSPS) is 19.4. The van der Waals surface area contributed by atoms with E-state index in [1.54, 1.807) is 0 Å². The third kappa shape index (κ3) is 1.90. The number of hydrogen-bond donors (Lipinski definition) is 3. The van der Waals surface area contributed by atoms with E-state index in [0.29, 0.717) is 5.56 Å². The zero-order valence-corrected chi connectivity index (χ0v) is 8.14. The monoisotopic (exact) mass is 223 g/mol. The van der Waals surface area contributed by atoms with Gasteiger partial charge in [0.1, 0.15) is 0 Å². The lowest BCUT2D eigenvalue weighted by Crippen LogP contribution is -2.25. The van der Waals surface area contributed by atoms with Crippen LogP contribution in [0, 0.1) is 0 Å². The third-order valence-electron chi connectivity index (χ3n) is 2.23. The highest BCUT2D eigenvalue weighted by atomic mass is 16.6. The van der Waals surface area contributed by atoms with Gasteiger partial charge in [-0.3, -0.25) is 10.1 Å². The summed E-state index contributed by atoms with van der Waals surface area (Å²) in [6, 6.07) is 4.16. The highest BCUT2D eigenvalue weighted by Crippen LogP contribution is 2.25. The van der Waals surface area contributed by atoms with Crippen LogP contribution in [0.1, 0.15) is 5.56 Å². The molecule has 1 atom stereocenters. The lowest BCUT2D eigenvalue weighted by Gasteiger charge is -2.07. The van der Waals surface area contributed by atoms with Crippen molar-refractivity contribution in [2.45, 2.75) is 12.5 Å². The number of rotatable bonds is 2. The molecule has 1 saturated heterocycles. The standard InChI is InChI=1S/C10H9NO5/c12-6-2-1-5(3-7(6)13)4-8-9(14)11-10(15)16-8/h1-3,8,12-13H,4H2,(H,11,14,15)/t8-/m0/s1. The van der Waals surface area contributed by atoms with E-state index in [-0.39, 0.29) is 17.9 Å². The van der Waals surface area contributed by atoms with E-state index in [9.17, 15) is 14.7 Å². The zero-order valence-electron chi connectivity index (χ0n) is 8.14. The van der Waals surface area contributed by atoms with Crippen molar-refractivity contribution in [3.8, 4) is 11.5 Å². The number of amides is 2. The van der Waals surface area contributed by atoms with Gasteiger partial charge >= 0.3 is 6.09 Å². The van der Waals surface area contributed by atoms with Crippen LogP contribution in [0.4, 0.5) is 4.79 Å².